The number of aromatic hydroxyl groups is 1. The van der Waals surface area contributed by atoms with Gasteiger partial charge in [0.15, 0.2) is 29.4 Å². The van der Waals surface area contributed by atoms with E-state index in [2.05, 4.69) is 16.0 Å². The van der Waals surface area contributed by atoms with Crippen molar-refractivity contribution in [1.82, 2.24) is 16.0 Å². The minimum Gasteiger partial charge on any atom is -0.507 e. The lowest BCUT2D eigenvalue weighted by Gasteiger charge is -2.43. The van der Waals surface area contributed by atoms with E-state index < -0.39 is 152 Å². The average Bonchev–Trinajstić information content (AvgIpc) is 3.27. The quantitative estimate of drug-likeness (QED) is 0.0649. The Bertz CT molecular complexity index is 2470. The van der Waals surface area contributed by atoms with Gasteiger partial charge in [0.25, 0.3) is 0 Å². The Hall–Kier alpha value is -5.25. The van der Waals surface area contributed by atoms with Crippen molar-refractivity contribution >= 4 is 54.2 Å². The van der Waals surface area contributed by atoms with Gasteiger partial charge in [-0.1, -0.05) is 53.7 Å². The first-order valence-electron chi connectivity index (χ1n) is 23.6. The minimum atomic E-state index is -4.64. The largest absolute Gasteiger partial charge is 0.507 e. The van der Waals surface area contributed by atoms with Gasteiger partial charge in [0.05, 0.1) is 42.5 Å². The van der Waals surface area contributed by atoms with Crippen molar-refractivity contribution < 1.29 is 87.3 Å². The Morgan fingerprint density at radius 3 is 2.06 bits per heavy atom. The molecule has 1 aliphatic heterocycles. The van der Waals surface area contributed by atoms with Crippen LogP contribution in [0.5, 0.6) is 11.5 Å². The molecule has 0 bridgehead atoms. The van der Waals surface area contributed by atoms with Gasteiger partial charge in [0, 0.05) is 60.6 Å². The predicted molar refractivity (Wildman–Crippen MR) is 251 cm³/mol. The molecule has 10 atom stereocenters. The summed E-state index contributed by atoms with van der Waals surface area (Å²) in [5.41, 5.74) is -2.88. The minimum absolute atomic E-state index is 0.0286. The van der Waals surface area contributed by atoms with Crippen LogP contribution in [-0.2, 0) is 49.2 Å². The summed E-state index contributed by atoms with van der Waals surface area (Å²) in [4.78, 5) is 126. The number of aliphatic hydroxyl groups excluding tert-OH is 2. The molecule has 10 unspecified atom stereocenters. The van der Waals surface area contributed by atoms with Crippen LogP contribution >= 0.6 is 7.60 Å². The van der Waals surface area contributed by atoms with E-state index in [9.17, 15) is 63.3 Å². The first kappa shape index (κ1) is 56.7. The number of nitrogens with one attached hydrogen (secondary N) is 3. The fraction of sp³-hybridized carbons (Fsp3) is 0.592. The highest BCUT2D eigenvalue weighted by Gasteiger charge is 2.49. The van der Waals surface area contributed by atoms with E-state index >= 15 is 0 Å². The third-order valence-corrected chi connectivity index (χ3v) is 13.8. The zero-order valence-corrected chi connectivity index (χ0v) is 41.9. The number of benzene rings is 2. The Labute approximate surface area is 410 Å². The number of rotatable bonds is 22. The van der Waals surface area contributed by atoms with Crippen molar-refractivity contribution in [3.05, 3.63) is 57.6 Å². The molecule has 390 valence electrons. The van der Waals surface area contributed by atoms with E-state index in [4.69, 9.17) is 24.0 Å². The molecule has 1 fully saturated rings. The fourth-order valence-corrected chi connectivity index (χ4v) is 9.94. The summed E-state index contributed by atoms with van der Waals surface area (Å²) in [5.74, 6) is -8.54. The van der Waals surface area contributed by atoms with Gasteiger partial charge >= 0.3 is 7.60 Å². The van der Waals surface area contributed by atoms with E-state index in [0.29, 0.717) is 0 Å². The van der Waals surface area contributed by atoms with Crippen LogP contribution in [0.15, 0.2) is 24.3 Å². The van der Waals surface area contributed by atoms with Gasteiger partial charge < -0.3 is 60.4 Å². The molecule has 2 aliphatic carbocycles. The van der Waals surface area contributed by atoms with Gasteiger partial charge in [-0.15, -0.1) is 0 Å². The molecule has 0 aromatic heterocycles. The second kappa shape index (κ2) is 23.1. The Morgan fingerprint density at radius 2 is 1.46 bits per heavy atom. The fourth-order valence-electron chi connectivity index (χ4n) is 9.35. The number of fused-ring (bicyclic) bond motifs is 3. The average molecular weight is 1020 g/mol. The number of ether oxygens (including phenoxy) is 3. The smallest absolute Gasteiger partial charge is 0.332 e. The maximum atomic E-state index is 14.1. The predicted octanol–water partition coefficient (Wildman–Crippen LogP) is 1.88. The number of ketones is 5. The molecule has 71 heavy (non-hydrogen) atoms. The molecule has 0 saturated carbocycles. The number of carbonyl (C=O) groups excluding carboxylic acids is 8. The van der Waals surface area contributed by atoms with Crippen LogP contribution in [0, 0.1) is 23.7 Å². The monoisotopic (exact) mass is 1020 g/mol. The summed E-state index contributed by atoms with van der Waals surface area (Å²) in [6, 6.07) is 2.44. The molecular weight excluding hydrogens is 950 g/mol. The van der Waals surface area contributed by atoms with Gasteiger partial charge in [-0.05, 0) is 49.3 Å². The van der Waals surface area contributed by atoms with E-state index in [1.165, 1.54) is 52.1 Å². The van der Waals surface area contributed by atoms with Crippen molar-refractivity contribution in [3.63, 3.8) is 0 Å². The molecule has 3 aliphatic rings. The third kappa shape index (κ3) is 13.4. The Morgan fingerprint density at radius 1 is 0.873 bits per heavy atom. The van der Waals surface area contributed by atoms with Gasteiger partial charge in [0.1, 0.15) is 47.8 Å². The number of methoxy groups -OCH3 is 1. The van der Waals surface area contributed by atoms with Crippen molar-refractivity contribution in [2.75, 3.05) is 19.9 Å². The molecule has 0 spiro atoms. The standard InChI is InChI=1S/C49H66N3O18P/c1-22(2)12-32(50-46(61)24(5)14-27(54)21-71(65,66)67)35(55)15-25(6)47(62)52-34(13-23(3)4)48(63)51-33-17-39(69-26(7)42(33)57)70-37-19-49(64,38(56)20-53)18-31-29(37)16-30-41(45(31)60)43(58)28-10-9-11-36(68-8)40(28)44(30)59/h9-11,16,22-26,32-34,37,39,42,53,57,60,64H,12-15,17-21H2,1-8H3,(H,50,61)(H,51,63)(H,52,62)(H2,65,66,67). The van der Waals surface area contributed by atoms with Crippen LogP contribution in [-0.4, -0.2) is 139 Å². The number of hydrogen-bond donors (Lipinski definition) is 9. The highest BCUT2D eigenvalue weighted by atomic mass is 31.2. The molecule has 1 heterocycles. The number of Topliss-reactive ketones (excluding diaryl/α,β-unsaturated/α-hetero) is 3. The Kier molecular flexibility index (Phi) is 18.4. The number of carbonyl (C=O) groups is 8. The summed E-state index contributed by atoms with van der Waals surface area (Å²) in [7, 11) is -3.31. The lowest BCUT2D eigenvalue weighted by molar-refractivity contribution is -0.249. The molecule has 22 heteroatoms. The zero-order chi connectivity index (χ0) is 53.0. The first-order valence-corrected chi connectivity index (χ1v) is 25.4. The summed E-state index contributed by atoms with van der Waals surface area (Å²) in [5, 5.41) is 52.7. The van der Waals surface area contributed by atoms with Crippen LogP contribution in [0.4, 0.5) is 0 Å². The zero-order valence-electron chi connectivity index (χ0n) is 41.1. The number of phenolic OH excluding ortho intramolecular Hbond substituents is 1. The maximum Gasteiger partial charge on any atom is 0.332 e. The lowest BCUT2D eigenvalue weighted by Crippen LogP contribution is -2.59. The van der Waals surface area contributed by atoms with Gasteiger partial charge in [-0.25, -0.2) is 0 Å². The molecule has 0 radical (unpaired) electrons. The van der Waals surface area contributed by atoms with Gasteiger partial charge in [-0.2, -0.15) is 0 Å². The summed E-state index contributed by atoms with van der Waals surface area (Å²) >= 11 is 0. The van der Waals surface area contributed by atoms with E-state index in [1.807, 2.05) is 27.7 Å². The van der Waals surface area contributed by atoms with Crippen molar-refractivity contribution in [2.45, 2.75) is 142 Å². The van der Waals surface area contributed by atoms with E-state index in [0.717, 1.165) is 0 Å². The molecule has 2 aromatic carbocycles. The molecule has 5 rings (SSSR count). The summed E-state index contributed by atoms with van der Waals surface area (Å²) in [6.07, 6.45) is -7.77. The van der Waals surface area contributed by atoms with Crippen LogP contribution in [0.1, 0.15) is 136 Å². The number of phenols is 1. The second-order valence-corrected chi connectivity index (χ2v) is 21.6. The van der Waals surface area contributed by atoms with Gasteiger partial charge in [-0.3, -0.25) is 42.9 Å². The van der Waals surface area contributed by atoms with Crippen LogP contribution in [0.3, 0.4) is 0 Å². The van der Waals surface area contributed by atoms with Gasteiger partial charge in [0.2, 0.25) is 17.7 Å². The normalized spacial score (nSPS) is 23.6. The van der Waals surface area contributed by atoms with Crippen LogP contribution in [0.25, 0.3) is 0 Å². The molecule has 9 N–H and O–H groups in total. The SMILES string of the molecule is COc1cccc2c1C(=O)c1cc3c(c(O)c1C2=O)CC(O)(C(=O)CO)CC3OC1CC(NC(=O)C(CC(C)C)NC(=O)C(C)CC(=O)C(CC(C)C)NC(=O)C(C)CC(=O)CP(=O)(O)O)C(O)C(C)O1. The second-order valence-electron chi connectivity index (χ2n) is 19.9. The molecule has 3 amide bonds. The highest BCUT2D eigenvalue weighted by molar-refractivity contribution is 7.52. The van der Waals surface area contributed by atoms with E-state index in [-0.39, 0.29) is 76.6 Å². The maximum absolute atomic E-state index is 14.1. The van der Waals surface area contributed by atoms with Crippen LogP contribution < -0.4 is 20.7 Å². The van der Waals surface area contributed by atoms with Crippen LogP contribution in [0.2, 0.25) is 0 Å². The molecular formula is C49H66N3O18P. The third-order valence-electron chi connectivity index (χ3n) is 13.1. The summed E-state index contributed by atoms with van der Waals surface area (Å²) < 4.78 is 29.0. The molecule has 21 nitrogen and oxygen atoms in total. The number of amides is 3. The Balaban J connectivity index is 1.32. The van der Waals surface area contributed by atoms with Crippen molar-refractivity contribution in [3.8, 4) is 11.5 Å². The number of hydrogen-bond acceptors (Lipinski definition) is 16. The lowest BCUT2D eigenvalue weighted by atomic mass is 9.72. The highest BCUT2D eigenvalue weighted by Crippen LogP contribution is 2.48. The first-order chi connectivity index (χ1) is 33.1. The van der Waals surface area contributed by atoms with E-state index in [1.54, 1.807) is 0 Å². The van der Waals surface area contributed by atoms with Crippen molar-refractivity contribution in [1.29, 1.82) is 0 Å². The summed E-state index contributed by atoms with van der Waals surface area (Å²) in [6.45, 7) is 10.5. The molecule has 1 saturated heterocycles. The van der Waals surface area contributed by atoms with Crippen molar-refractivity contribution in [2.24, 2.45) is 23.7 Å². The number of aliphatic hydroxyl groups is 3. The molecule has 2 aromatic rings. The topological polar surface area (TPSA) is 339 Å².